The quantitative estimate of drug-likeness (QED) is 0.804. The third-order valence-electron chi connectivity index (χ3n) is 3.25. The molecule has 1 saturated heterocycles. The summed E-state index contributed by atoms with van der Waals surface area (Å²) in [6, 6.07) is 8.13. The van der Waals surface area contributed by atoms with E-state index in [2.05, 4.69) is 30.3 Å². The number of likely N-dealkylation sites (N-methyl/N-ethyl adjacent to an activating group) is 1. The molecule has 1 heterocycles. The molecule has 3 heteroatoms. The van der Waals surface area contributed by atoms with E-state index in [1.807, 2.05) is 18.2 Å². The average molecular weight is 232 g/mol. The zero-order valence-electron chi connectivity index (χ0n) is 10.8. The summed E-state index contributed by atoms with van der Waals surface area (Å²) in [6.07, 6.45) is 0. The van der Waals surface area contributed by atoms with Gasteiger partial charge in [-0.1, -0.05) is 17.7 Å². The largest absolute Gasteiger partial charge is 0.495 e. The number of methoxy groups -OCH3 is 1. The Balaban J connectivity index is 2.11. The first-order valence-electron chi connectivity index (χ1n) is 5.94. The van der Waals surface area contributed by atoms with Crippen molar-refractivity contribution < 1.29 is 4.74 Å². The highest BCUT2D eigenvalue weighted by atomic mass is 16.5. The van der Waals surface area contributed by atoms with Crippen molar-refractivity contribution in [2.75, 3.05) is 38.7 Å². The third-order valence-corrected chi connectivity index (χ3v) is 3.25. The fourth-order valence-electron chi connectivity index (χ4n) is 2.05. The summed E-state index contributed by atoms with van der Waals surface area (Å²) < 4.78 is 5.38. The van der Waals surface area contributed by atoms with Gasteiger partial charge in [0, 0.05) is 26.7 Å². The van der Waals surface area contributed by atoms with Gasteiger partial charge in [0.25, 0.3) is 0 Å². The van der Waals surface area contributed by atoms with Crippen molar-refractivity contribution in [3.8, 4) is 5.75 Å². The average Bonchev–Trinajstić information content (AvgIpc) is 2.26. The van der Waals surface area contributed by atoms with Gasteiger partial charge in [0.2, 0.25) is 0 Å². The van der Waals surface area contributed by atoms with Gasteiger partial charge in [-0.05, 0) is 24.6 Å². The van der Waals surface area contributed by atoms with E-state index < -0.39 is 0 Å². The van der Waals surface area contributed by atoms with E-state index >= 15 is 0 Å². The molecule has 1 aliphatic heterocycles. The second-order valence-corrected chi connectivity index (χ2v) is 4.52. The lowest BCUT2D eigenvalue weighted by molar-refractivity contribution is 0.415. The van der Waals surface area contributed by atoms with E-state index in [-0.39, 0.29) is 0 Å². The Morgan fingerprint density at radius 2 is 2.06 bits per heavy atom. The predicted octanol–water partition coefficient (Wildman–Crippen LogP) is 2.05. The smallest absolute Gasteiger partial charge is 0.142 e. The molecule has 0 aliphatic carbocycles. The fraction of sp³-hybridized carbons (Fsp3) is 0.429. The molecule has 92 valence electrons. The van der Waals surface area contributed by atoms with Crippen molar-refractivity contribution in [3.05, 3.63) is 35.4 Å². The highest BCUT2D eigenvalue weighted by Gasteiger charge is 2.13. The zero-order valence-corrected chi connectivity index (χ0v) is 10.8. The number of benzene rings is 1. The van der Waals surface area contributed by atoms with Crippen LogP contribution in [0.2, 0.25) is 0 Å². The molecule has 0 unspecified atom stereocenters. The van der Waals surface area contributed by atoms with Crippen LogP contribution in [0.3, 0.4) is 0 Å². The molecule has 0 bridgehead atoms. The summed E-state index contributed by atoms with van der Waals surface area (Å²) >= 11 is 0. The first-order valence-corrected chi connectivity index (χ1v) is 5.94. The third kappa shape index (κ3) is 2.61. The van der Waals surface area contributed by atoms with Crippen LogP contribution >= 0.6 is 0 Å². The molecule has 0 spiro atoms. The monoisotopic (exact) mass is 232 g/mol. The summed E-state index contributed by atoms with van der Waals surface area (Å²) in [5, 5.41) is 3.28. The molecule has 1 fully saturated rings. The SMILES string of the molecule is COc1ccccc1N(C)CC(C)=C1CNC1. The summed E-state index contributed by atoms with van der Waals surface area (Å²) in [6.45, 7) is 5.26. The molecule has 1 aromatic carbocycles. The van der Waals surface area contributed by atoms with Gasteiger partial charge in [-0.3, -0.25) is 0 Å². The van der Waals surface area contributed by atoms with Crippen molar-refractivity contribution in [1.82, 2.24) is 5.32 Å². The van der Waals surface area contributed by atoms with E-state index in [0.29, 0.717) is 0 Å². The number of anilines is 1. The molecule has 0 saturated carbocycles. The number of ether oxygens (including phenoxy) is 1. The van der Waals surface area contributed by atoms with Gasteiger partial charge in [-0.15, -0.1) is 0 Å². The van der Waals surface area contributed by atoms with Crippen LogP contribution in [0.15, 0.2) is 35.4 Å². The molecule has 0 atom stereocenters. The Kier molecular flexibility index (Phi) is 3.69. The van der Waals surface area contributed by atoms with Crippen LogP contribution in [0.25, 0.3) is 0 Å². The first-order chi connectivity index (χ1) is 8.22. The molecule has 1 aliphatic rings. The number of para-hydroxylation sites is 2. The van der Waals surface area contributed by atoms with Crippen LogP contribution in [0.5, 0.6) is 5.75 Å². The maximum atomic E-state index is 5.38. The van der Waals surface area contributed by atoms with E-state index in [0.717, 1.165) is 31.1 Å². The lowest BCUT2D eigenvalue weighted by Crippen LogP contribution is -2.36. The molecule has 1 N–H and O–H groups in total. The van der Waals surface area contributed by atoms with E-state index in [4.69, 9.17) is 4.74 Å². The molecule has 0 amide bonds. The van der Waals surface area contributed by atoms with Gasteiger partial charge in [0.1, 0.15) is 5.75 Å². The zero-order chi connectivity index (χ0) is 12.3. The van der Waals surface area contributed by atoms with Crippen molar-refractivity contribution >= 4 is 5.69 Å². The number of hydrogen-bond donors (Lipinski definition) is 1. The van der Waals surface area contributed by atoms with Gasteiger partial charge in [0.05, 0.1) is 12.8 Å². The van der Waals surface area contributed by atoms with Crippen molar-refractivity contribution in [1.29, 1.82) is 0 Å². The Morgan fingerprint density at radius 3 is 2.65 bits per heavy atom. The minimum absolute atomic E-state index is 0.930. The second-order valence-electron chi connectivity index (χ2n) is 4.52. The Labute approximate surface area is 103 Å². The maximum Gasteiger partial charge on any atom is 0.142 e. The second kappa shape index (κ2) is 5.23. The molecule has 3 nitrogen and oxygen atoms in total. The van der Waals surface area contributed by atoms with Gasteiger partial charge in [-0.2, -0.15) is 0 Å². The van der Waals surface area contributed by atoms with E-state index in [1.165, 1.54) is 11.1 Å². The van der Waals surface area contributed by atoms with Crippen molar-refractivity contribution in [3.63, 3.8) is 0 Å². The maximum absolute atomic E-state index is 5.38. The fourth-order valence-corrected chi connectivity index (χ4v) is 2.05. The standard InChI is InChI=1S/C14H20N2O/c1-11(12-8-15-9-12)10-16(2)13-6-4-5-7-14(13)17-3/h4-7,15H,8-10H2,1-3H3. The summed E-state index contributed by atoms with van der Waals surface area (Å²) in [5.41, 5.74) is 4.13. The number of nitrogens with zero attached hydrogens (tertiary/aromatic N) is 1. The summed E-state index contributed by atoms with van der Waals surface area (Å²) in [4.78, 5) is 2.24. The van der Waals surface area contributed by atoms with Crippen LogP contribution < -0.4 is 15.0 Å². The number of nitrogens with one attached hydrogen (secondary N) is 1. The number of hydrogen-bond acceptors (Lipinski definition) is 3. The minimum Gasteiger partial charge on any atom is -0.495 e. The van der Waals surface area contributed by atoms with Gasteiger partial charge in [0.15, 0.2) is 0 Å². The molecule has 0 radical (unpaired) electrons. The topological polar surface area (TPSA) is 24.5 Å². The molecule has 0 aromatic heterocycles. The Bertz CT molecular complexity index is 420. The summed E-state index contributed by atoms with van der Waals surface area (Å²) in [7, 11) is 3.82. The van der Waals surface area contributed by atoms with Crippen molar-refractivity contribution in [2.45, 2.75) is 6.92 Å². The highest BCUT2D eigenvalue weighted by Crippen LogP contribution is 2.27. The number of rotatable bonds is 4. The van der Waals surface area contributed by atoms with Gasteiger partial charge >= 0.3 is 0 Å². The van der Waals surface area contributed by atoms with E-state index in [9.17, 15) is 0 Å². The lowest BCUT2D eigenvalue weighted by Gasteiger charge is -2.27. The summed E-state index contributed by atoms with van der Waals surface area (Å²) in [5.74, 6) is 0.930. The normalized spacial score (nSPS) is 14.2. The van der Waals surface area contributed by atoms with Crippen LogP contribution in [0, 0.1) is 0 Å². The molecule has 17 heavy (non-hydrogen) atoms. The Morgan fingerprint density at radius 1 is 1.35 bits per heavy atom. The van der Waals surface area contributed by atoms with E-state index in [1.54, 1.807) is 7.11 Å². The van der Waals surface area contributed by atoms with Crippen LogP contribution in [0.1, 0.15) is 6.92 Å². The predicted molar refractivity (Wildman–Crippen MR) is 71.8 cm³/mol. The Hall–Kier alpha value is -1.48. The van der Waals surface area contributed by atoms with Crippen LogP contribution in [-0.2, 0) is 0 Å². The van der Waals surface area contributed by atoms with Gasteiger partial charge < -0.3 is 15.0 Å². The van der Waals surface area contributed by atoms with Crippen LogP contribution in [0.4, 0.5) is 5.69 Å². The minimum atomic E-state index is 0.930. The molecular weight excluding hydrogens is 212 g/mol. The lowest BCUT2D eigenvalue weighted by atomic mass is 10.0. The van der Waals surface area contributed by atoms with Crippen molar-refractivity contribution in [2.24, 2.45) is 0 Å². The first kappa shape index (κ1) is 12.0. The van der Waals surface area contributed by atoms with Crippen LogP contribution in [-0.4, -0.2) is 33.8 Å². The molecule has 2 rings (SSSR count). The van der Waals surface area contributed by atoms with Gasteiger partial charge in [-0.25, -0.2) is 0 Å². The highest BCUT2D eigenvalue weighted by molar-refractivity contribution is 5.58. The molecule has 1 aromatic rings. The molecular formula is C14H20N2O.